The molecule has 0 aliphatic rings. The van der Waals surface area contributed by atoms with E-state index in [1.807, 2.05) is 21.1 Å². The quantitative estimate of drug-likeness (QED) is 0.0195. The standard InChI is InChI=1S/C52H102NO8P/c1-6-8-10-12-14-16-18-20-22-24-26-28-30-32-34-36-38-40-42-44-51(54)58-48-50(49-60-62(56,57)59-47-46-53(3,4)5)61-52(55)45-43-41-39-37-35-33-31-29-27-25-23-21-19-17-15-13-11-9-7-2/h21,23,50H,6-20,22,24-49H2,1-5H3/b23-21-. The van der Waals surface area contributed by atoms with Gasteiger partial charge in [0, 0.05) is 12.8 Å². The molecule has 0 aromatic rings. The molecule has 0 bridgehead atoms. The number of allylic oxidation sites excluding steroid dienone is 2. The number of unbranched alkanes of at least 4 members (excludes halogenated alkanes) is 33. The number of likely N-dealkylation sites (N-methyl/N-ethyl adjacent to an activating group) is 1. The number of phosphoric ester groups is 1. The van der Waals surface area contributed by atoms with Gasteiger partial charge in [0.25, 0.3) is 7.82 Å². The van der Waals surface area contributed by atoms with Gasteiger partial charge in [-0.3, -0.25) is 14.2 Å². The van der Waals surface area contributed by atoms with E-state index >= 15 is 0 Å². The molecule has 368 valence electrons. The first-order chi connectivity index (χ1) is 30.0. The summed E-state index contributed by atoms with van der Waals surface area (Å²) < 4.78 is 34.1. The maximum absolute atomic E-state index is 12.7. The lowest BCUT2D eigenvalue weighted by atomic mass is 10.0. The number of hydrogen-bond acceptors (Lipinski definition) is 8. The number of carbonyl (C=O) groups excluding carboxylic acids is 2. The summed E-state index contributed by atoms with van der Waals surface area (Å²) in [5.41, 5.74) is 0. The van der Waals surface area contributed by atoms with Crippen molar-refractivity contribution in [1.29, 1.82) is 0 Å². The number of quaternary nitrogens is 1. The van der Waals surface area contributed by atoms with Crippen LogP contribution in [-0.2, 0) is 32.7 Å². The molecule has 2 unspecified atom stereocenters. The number of hydrogen-bond donors (Lipinski definition) is 0. The number of esters is 2. The van der Waals surface area contributed by atoms with Gasteiger partial charge >= 0.3 is 11.9 Å². The second kappa shape index (κ2) is 44.9. The molecule has 0 fully saturated rings. The smallest absolute Gasteiger partial charge is 0.306 e. The molecule has 0 radical (unpaired) electrons. The molecule has 0 heterocycles. The maximum Gasteiger partial charge on any atom is 0.306 e. The Hall–Kier alpha value is -1.25. The van der Waals surface area contributed by atoms with Crippen molar-refractivity contribution in [2.24, 2.45) is 0 Å². The molecule has 0 aliphatic carbocycles. The average molecular weight is 900 g/mol. The van der Waals surface area contributed by atoms with Gasteiger partial charge in [-0.1, -0.05) is 219 Å². The number of carbonyl (C=O) groups is 2. The molecule has 9 nitrogen and oxygen atoms in total. The Morgan fingerprint density at radius 2 is 0.823 bits per heavy atom. The molecule has 0 aromatic carbocycles. The summed E-state index contributed by atoms with van der Waals surface area (Å²) in [6.45, 7) is 4.28. The highest BCUT2D eigenvalue weighted by molar-refractivity contribution is 7.45. The maximum atomic E-state index is 12.7. The van der Waals surface area contributed by atoms with Crippen LogP contribution in [0.15, 0.2) is 12.2 Å². The third-order valence-corrected chi connectivity index (χ3v) is 12.7. The summed E-state index contributed by atoms with van der Waals surface area (Å²) in [6, 6.07) is 0. The van der Waals surface area contributed by atoms with Crippen molar-refractivity contribution in [1.82, 2.24) is 0 Å². The molecule has 0 saturated heterocycles. The summed E-state index contributed by atoms with van der Waals surface area (Å²) in [4.78, 5) is 37.7. The van der Waals surface area contributed by atoms with E-state index in [1.165, 1.54) is 186 Å². The van der Waals surface area contributed by atoms with Gasteiger partial charge in [-0.25, -0.2) is 0 Å². The molecule has 0 amide bonds. The zero-order chi connectivity index (χ0) is 45.7. The van der Waals surface area contributed by atoms with Crippen LogP contribution in [0, 0.1) is 0 Å². The molecule has 0 aromatic heterocycles. The fourth-order valence-electron chi connectivity index (χ4n) is 7.65. The van der Waals surface area contributed by atoms with E-state index < -0.39 is 26.5 Å². The minimum absolute atomic E-state index is 0.0276. The highest BCUT2D eigenvalue weighted by atomic mass is 31.2. The molecule has 0 saturated carbocycles. The van der Waals surface area contributed by atoms with Crippen LogP contribution in [0.2, 0.25) is 0 Å². The van der Waals surface area contributed by atoms with Gasteiger partial charge < -0.3 is 27.9 Å². The fourth-order valence-corrected chi connectivity index (χ4v) is 8.38. The Kier molecular flexibility index (Phi) is 44.0. The van der Waals surface area contributed by atoms with Gasteiger partial charge in [0.15, 0.2) is 6.10 Å². The number of ether oxygens (including phenoxy) is 2. The van der Waals surface area contributed by atoms with Crippen molar-refractivity contribution in [3.8, 4) is 0 Å². The van der Waals surface area contributed by atoms with Crippen molar-refractivity contribution >= 4 is 19.8 Å². The van der Waals surface area contributed by atoms with E-state index in [1.54, 1.807) is 0 Å². The number of phosphoric acid groups is 1. The van der Waals surface area contributed by atoms with E-state index in [0.29, 0.717) is 17.4 Å². The van der Waals surface area contributed by atoms with Crippen LogP contribution in [0.1, 0.15) is 258 Å². The van der Waals surface area contributed by atoms with Crippen LogP contribution in [0.4, 0.5) is 0 Å². The third kappa shape index (κ3) is 48.2. The van der Waals surface area contributed by atoms with E-state index in [9.17, 15) is 19.0 Å². The Balaban J connectivity index is 4.20. The Bertz CT molecular complexity index is 1060. The molecule has 62 heavy (non-hydrogen) atoms. The summed E-state index contributed by atoms with van der Waals surface area (Å²) in [5, 5.41) is 0. The van der Waals surface area contributed by atoms with Gasteiger partial charge in [0.05, 0.1) is 27.7 Å². The fraction of sp³-hybridized carbons (Fsp3) is 0.923. The Morgan fingerprint density at radius 1 is 0.484 bits per heavy atom. The number of nitrogens with zero attached hydrogens (tertiary/aromatic N) is 1. The first-order valence-electron chi connectivity index (χ1n) is 26.4. The third-order valence-electron chi connectivity index (χ3n) is 11.8. The van der Waals surface area contributed by atoms with Gasteiger partial charge in [-0.05, 0) is 38.5 Å². The normalized spacial score (nSPS) is 13.5. The van der Waals surface area contributed by atoms with Crippen molar-refractivity contribution in [3.63, 3.8) is 0 Å². The van der Waals surface area contributed by atoms with Gasteiger partial charge in [0.1, 0.15) is 19.8 Å². The van der Waals surface area contributed by atoms with Gasteiger partial charge in [-0.15, -0.1) is 0 Å². The van der Waals surface area contributed by atoms with Crippen molar-refractivity contribution < 1.29 is 42.1 Å². The van der Waals surface area contributed by atoms with Gasteiger partial charge in [0.2, 0.25) is 0 Å². The van der Waals surface area contributed by atoms with E-state index in [0.717, 1.165) is 38.5 Å². The van der Waals surface area contributed by atoms with Crippen LogP contribution in [0.25, 0.3) is 0 Å². The molecule has 0 aliphatic heterocycles. The van der Waals surface area contributed by atoms with Crippen LogP contribution in [-0.4, -0.2) is 70.0 Å². The van der Waals surface area contributed by atoms with E-state index in [4.69, 9.17) is 18.5 Å². The molecule has 10 heteroatoms. The van der Waals surface area contributed by atoms with Crippen LogP contribution >= 0.6 is 7.82 Å². The summed E-state index contributed by atoms with van der Waals surface area (Å²) in [7, 11) is 1.18. The van der Waals surface area contributed by atoms with E-state index in [2.05, 4.69) is 26.0 Å². The predicted octanol–water partition coefficient (Wildman–Crippen LogP) is 15.1. The lowest BCUT2D eigenvalue weighted by Crippen LogP contribution is -2.37. The van der Waals surface area contributed by atoms with Crippen LogP contribution < -0.4 is 4.89 Å². The highest BCUT2D eigenvalue weighted by Crippen LogP contribution is 2.38. The second-order valence-electron chi connectivity index (χ2n) is 19.2. The first-order valence-corrected chi connectivity index (χ1v) is 27.9. The molecule has 0 N–H and O–H groups in total. The van der Waals surface area contributed by atoms with Crippen molar-refractivity contribution in [3.05, 3.63) is 12.2 Å². The van der Waals surface area contributed by atoms with Gasteiger partial charge in [-0.2, -0.15) is 0 Å². The predicted molar refractivity (Wildman–Crippen MR) is 259 cm³/mol. The first kappa shape index (κ1) is 60.8. The molecular weight excluding hydrogens is 798 g/mol. The zero-order valence-electron chi connectivity index (χ0n) is 41.6. The van der Waals surface area contributed by atoms with Crippen LogP contribution in [0.3, 0.4) is 0 Å². The van der Waals surface area contributed by atoms with Crippen LogP contribution in [0.5, 0.6) is 0 Å². The monoisotopic (exact) mass is 900 g/mol. The Morgan fingerprint density at radius 3 is 1.19 bits per heavy atom. The zero-order valence-corrected chi connectivity index (χ0v) is 42.5. The average Bonchev–Trinajstić information content (AvgIpc) is 3.23. The minimum Gasteiger partial charge on any atom is -0.756 e. The SMILES string of the molecule is CCCCCCCC/C=C\CCCCCCCCCCCC(=O)OC(COC(=O)CCCCCCCCCCCCCCCCCCCCC)COP(=O)([O-])OCC[N+](C)(C)C. The molecular formula is C52H102NO8P. The largest absolute Gasteiger partial charge is 0.756 e. The molecule has 0 spiro atoms. The highest BCUT2D eigenvalue weighted by Gasteiger charge is 2.21. The summed E-state index contributed by atoms with van der Waals surface area (Å²) in [6.07, 6.45) is 49.5. The lowest BCUT2D eigenvalue weighted by molar-refractivity contribution is -0.870. The summed E-state index contributed by atoms with van der Waals surface area (Å²) in [5.74, 6) is -0.820. The Labute approximate surface area is 384 Å². The minimum atomic E-state index is -4.63. The molecule has 2 atom stereocenters. The topological polar surface area (TPSA) is 111 Å². The lowest BCUT2D eigenvalue weighted by Gasteiger charge is -2.28. The molecule has 0 rings (SSSR count). The van der Waals surface area contributed by atoms with Crippen molar-refractivity contribution in [2.75, 3.05) is 47.5 Å². The van der Waals surface area contributed by atoms with Crippen molar-refractivity contribution in [2.45, 2.75) is 264 Å². The number of rotatable bonds is 49. The summed E-state index contributed by atoms with van der Waals surface area (Å²) >= 11 is 0. The van der Waals surface area contributed by atoms with E-state index in [-0.39, 0.29) is 32.0 Å². The second-order valence-corrected chi connectivity index (χ2v) is 20.7.